The predicted molar refractivity (Wildman–Crippen MR) is 55.0 cm³/mol. The normalized spacial score (nSPS) is 28.2. The average molecular weight is 196 g/mol. The highest BCUT2D eigenvalue weighted by Gasteiger charge is 2.35. The lowest BCUT2D eigenvalue weighted by Crippen LogP contribution is -2.35. The van der Waals surface area contributed by atoms with Gasteiger partial charge in [-0.1, -0.05) is 25.7 Å². The molecule has 2 heteroatoms. The van der Waals surface area contributed by atoms with Crippen LogP contribution in [-0.2, 0) is 4.79 Å². The molecular formula is C12H20O2. The summed E-state index contributed by atoms with van der Waals surface area (Å²) in [6, 6.07) is 0. The number of carbonyl (C=O) groups is 1. The first kappa shape index (κ1) is 10.2. The molecule has 0 spiro atoms. The number of ketones is 1. The van der Waals surface area contributed by atoms with Gasteiger partial charge in [0.25, 0.3) is 0 Å². The SMILES string of the molecule is O=C1CCC(O)(CC2CCCC2)CC1. The summed E-state index contributed by atoms with van der Waals surface area (Å²) in [5, 5.41) is 10.3. The molecule has 2 aliphatic rings. The van der Waals surface area contributed by atoms with Crippen LogP contribution in [0.3, 0.4) is 0 Å². The van der Waals surface area contributed by atoms with Gasteiger partial charge in [0.05, 0.1) is 5.60 Å². The maximum atomic E-state index is 11.1. The minimum atomic E-state index is -0.497. The second-order valence-corrected chi connectivity index (χ2v) is 5.12. The van der Waals surface area contributed by atoms with Gasteiger partial charge in [-0.15, -0.1) is 0 Å². The van der Waals surface area contributed by atoms with Gasteiger partial charge in [-0.3, -0.25) is 4.79 Å². The number of Topliss-reactive ketones (excluding diaryl/α,β-unsaturated/α-hetero) is 1. The predicted octanol–water partition coefficient (Wildman–Crippen LogP) is 2.44. The molecule has 80 valence electrons. The van der Waals surface area contributed by atoms with Crippen molar-refractivity contribution in [2.24, 2.45) is 5.92 Å². The van der Waals surface area contributed by atoms with E-state index in [1.165, 1.54) is 25.7 Å². The highest BCUT2D eigenvalue weighted by Crippen LogP contribution is 2.37. The van der Waals surface area contributed by atoms with Crippen molar-refractivity contribution >= 4 is 5.78 Å². The molecule has 0 aliphatic heterocycles. The molecule has 1 N–H and O–H groups in total. The number of carbonyl (C=O) groups excluding carboxylic acids is 1. The van der Waals surface area contributed by atoms with E-state index in [0.717, 1.165) is 12.3 Å². The van der Waals surface area contributed by atoms with E-state index in [1.54, 1.807) is 0 Å². The summed E-state index contributed by atoms with van der Waals surface area (Å²) in [6.45, 7) is 0. The van der Waals surface area contributed by atoms with Gasteiger partial charge in [-0.2, -0.15) is 0 Å². The van der Waals surface area contributed by atoms with Crippen LogP contribution in [0.15, 0.2) is 0 Å². The van der Waals surface area contributed by atoms with Crippen molar-refractivity contribution < 1.29 is 9.90 Å². The molecule has 2 nitrogen and oxygen atoms in total. The number of aliphatic hydroxyl groups is 1. The van der Waals surface area contributed by atoms with Gasteiger partial charge in [0.1, 0.15) is 5.78 Å². The summed E-state index contributed by atoms with van der Waals surface area (Å²) < 4.78 is 0. The van der Waals surface area contributed by atoms with Crippen LogP contribution in [-0.4, -0.2) is 16.5 Å². The van der Waals surface area contributed by atoms with E-state index < -0.39 is 5.60 Å². The third-order valence-corrected chi connectivity index (χ3v) is 3.88. The lowest BCUT2D eigenvalue weighted by atomic mass is 9.78. The number of hydrogen-bond donors (Lipinski definition) is 1. The molecule has 2 saturated carbocycles. The maximum absolute atomic E-state index is 11.1. The molecule has 14 heavy (non-hydrogen) atoms. The quantitative estimate of drug-likeness (QED) is 0.736. The standard InChI is InChI=1S/C12H20O2/c13-11-5-7-12(14,8-6-11)9-10-3-1-2-4-10/h10,14H,1-9H2. The van der Waals surface area contributed by atoms with E-state index in [2.05, 4.69) is 0 Å². The Morgan fingerprint density at radius 1 is 1.21 bits per heavy atom. The van der Waals surface area contributed by atoms with E-state index in [4.69, 9.17) is 0 Å². The largest absolute Gasteiger partial charge is 0.390 e. The van der Waals surface area contributed by atoms with Crippen molar-refractivity contribution in [2.45, 2.75) is 63.4 Å². The minimum absolute atomic E-state index is 0.334. The molecule has 0 amide bonds. The van der Waals surface area contributed by atoms with E-state index in [9.17, 15) is 9.90 Å². The fraction of sp³-hybridized carbons (Fsp3) is 0.917. The number of hydrogen-bond acceptors (Lipinski definition) is 2. The molecular weight excluding hydrogens is 176 g/mol. The summed E-state index contributed by atoms with van der Waals surface area (Å²) >= 11 is 0. The first-order valence-electron chi connectivity index (χ1n) is 5.92. The zero-order valence-electron chi connectivity index (χ0n) is 8.80. The molecule has 0 heterocycles. The maximum Gasteiger partial charge on any atom is 0.133 e. The second-order valence-electron chi connectivity index (χ2n) is 5.12. The molecule has 0 aromatic heterocycles. The Balaban J connectivity index is 1.85. The molecule has 0 bridgehead atoms. The van der Waals surface area contributed by atoms with Crippen LogP contribution in [0.1, 0.15) is 57.8 Å². The van der Waals surface area contributed by atoms with Crippen molar-refractivity contribution in [3.63, 3.8) is 0 Å². The first-order chi connectivity index (χ1) is 6.68. The fourth-order valence-corrected chi connectivity index (χ4v) is 2.95. The van der Waals surface area contributed by atoms with E-state index in [-0.39, 0.29) is 0 Å². The van der Waals surface area contributed by atoms with Crippen molar-refractivity contribution in [2.75, 3.05) is 0 Å². The minimum Gasteiger partial charge on any atom is -0.390 e. The van der Waals surface area contributed by atoms with Crippen LogP contribution < -0.4 is 0 Å². The van der Waals surface area contributed by atoms with Crippen molar-refractivity contribution in [1.82, 2.24) is 0 Å². The fourth-order valence-electron chi connectivity index (χ4n) is 2.95. The topological polar surface area (TPSA) is 37.3 Å². The van der Waals surface area contributed by atoms with Gasteiger partial charge in [-0.25, -0.2) is 0 Å². The molecule has 2 rings (SSSR count). The molecule has 0 aromatic carbocycles. The summed E-state index contributed by atoms with van der Waals surface area (Å²) in [5.74, 6) is 1.06. The summed E-state index contributed by atoms with van der Waals surface area (Å²) in [6.07, 6.45) is 8.81. The van der Waals surface area contributed by atoms with Crippen LogP contribution in [0, 0.1) is 5.92 Å². The molecule has 0 unspecified atom stereocenters. The zero-order valence-corrected chi connectivity index (χ0v) is 8.80. The lowest BCUT2D eigenvalue weighted by molar-refractivity contribution is -0.126. The Labute approximate surface area is 85.7 Å². The van der Waals surface area contributed by atoms with Crippen LogP contribution in [0.25, 0.3) is 0 Å². The Bertz CT molecular complexity index is 206. The first-order valence-corrected chi connectivity index (χ1v) is 5.92. The van der Waals surface area contributed by atoms with E-state index in [0.29, 0.717) is 31.5 Å². The smallest absolute Gasteiger partial charge is 0.133 e. The van der Waals surface area contributed by atoms with Crippen LogP contribution in [0.2, 0.25) is 0 Å². The number of rotatable bonds is 2. The van der Waals surface area contributed by atoms with Crippen LogP contribution in [0.5, 0.6) is 0 Å². The van der Waals surface area contributed by atoms with Gasteiger partial charge >= 0.3 is 0 Å². The van der Waals surface area contributed by atoms with E-state index >= 15 is 0 Å². The average Bonchev–Trinajstić information content (AvgIpc) is 2.63. The third kappa shape index (κ3) is 2.35. The molecule has 0 aromatic rings. The van der Waals surface area contributed by atoms with Crippen LogP contribution in [0.4, 0.5) is 0 Å². The van der Waals surface area contributed by atoms with Gasteiger partial charge in [-0.05, 0) is 25.2 Å². The molecule has 0 saturated heterocycles. The molecule has 0 atom stereocenters. The van der Waals surface area contributed by atoms with Crippen LogP contribution >= 0.6 is 0 Å². The monoisotopic (exact) mass is 196 g/mol. The van der Waals surface area contributed by atoms with Gasteiger partial charge in [0.2, 0.25) is 0 Å². The van der Waals surface area contributed by atoms with Gasteiger partial charge in [0.15, 0.2) is 0 Å². The molecule has 0 radical (unpaired) electrons. The van der Waals surface area contributed by atoms with Gasteiger partial charge in [0, 0.05) is 12.8 Å². The Morgan fingerprint density at radius 2 is 1.79 bits per heavy atom. The molecule has 2 aliphatic carbocycles. The third-order valence-electron chi connectivity index (χ3n) is 3.88. The Hall–Kier alpha value is -0.370. The summed E-state index contributed by atoms with van der Waals surface area (Å²) in [5.41, 5.74) is -0.497. The lowest BCUT2D eigenvalue weighted by Gasteiger charge is -2.33. The van der Waals surface area contributed by atoms with Crippen molar-refractivity contribution in [3.8, 4) is 0 Å². The second kappa shape index (κ2) is 4.01. The van der Waals surface area contributed by atoms with E-state index in [1.807, 2.05) is 0 Å². The van der Waals surface area contributed by atoms with Crippen molar-refractivity contribution in [3.05, 3.63) is 0 Å². The Morgan fingerprint density at radius 3 is 2.36 bits per heavy atom. The summed E-state index contributed by atoms with van der Waals surface area (Å²) in [7, 11) is 0. The highest BCUT2D eigenvalue weighted by molar-refractivity contribution is 5.79. The van der Waals surface area contributed by atoms with Crippen molar-refractivity contribution in [1.29, 1.82) is 0 Å². The molecule has 2 fully saturated rings. The summed E-state index contributed by atoms with van der Waals surface area (Å²) in [4.78, 5) is 11.1. The Kier molecular flexibility index (Phi) is 2.91. The highest BCUT2D eigenvalue weighted by atomic mass is 16.3. The van der Waals surface area contributed by atoms with Gasteiger partial charge < -0.3 is 5.11 Å². The zero-order chi connectivity index (χ0) is 10.0.